The van der Waals surface area contributed by atoms with E-state index in [4.69, 9.17) is 10.5 Å². The fourth-order valence-corrected chi connectivity index (χ4v) is 3.38. The van der Waals surface area contributed by atoms with Crippen molar-refractivity contribution in [2.75, 3.05) is 6.54 Å². The smallest absolute Gasteiger partial charge is 0.247 e. The fourth-order valence-electron chi connectivity index (χ4n) is 3.38. The van der Waals surface area contributed by atoms with Gasteiger partial charge in [0.05, 0.1) is 6.10 Å². The number of hydrogen-bond donors (Lipinski definition) is 2. The maximum absolute atomic E-state index is 12.6. The lowest BCUT2D eigenvalue weighted by Crippen LogP contribution is -2.41. The Morgan fingerprint density at radius 2 is 2.28 bits per heavy atom. The summed E-state index contributed by atoms with van der Waals surface area (Å²) < 4.78 is 5.80. The van der Waals surface area contributed by atoms with E-state index in [1.165, 1.54) is 0 Å². The maximum atomic E-state index is 12.6. The molecule has 1 aromatic heterocycles. The van der Waals surface area contributed by atoms with Crippen LogP contribution in [-0.2, 0) is 20.7 Å². The molecule has 0 fully saturated rings. The third-order valence-corrected chi connectivity index (χ3v) is 4.77. The largest absolute Gasteiger partial charge is 0.493 e. The topological polar surface area (TPSA) is 94.3 Å². The molecule has 0 radical (unpaired) electrons. The van der Waals surface area contributed by atoms with Gasteiger partial charge < -0.3 is 15.8 Å². The number of amides is 2. The van der Waals surface area contributed by atoms with Gasteiger partial charge in [-0.15, -0.1) is 0 Å². The number of aromatic nitrogens is 1. The zero-order valence-electron chi connectivity index (χ0n) is 14.5. The van der Waals surface area contributed by atoms with Gasteiger partial charge in [-0.1, -0.05) is 6.07 Å². The minimum atomic E-state index is -0.967. The minimum absolute atomic E-state index is 0.00656. The second-order valence-electron chi connectivity index (χ2n) is 6.90. The molecule has 132 valence electrons. The lowest BCUT2D eigenvalue weighted by molar-refractivity contribution is -0.127. The number of rotatable bonds is 5. The molecule has 2 atom stereocenters. The Morgan fingerprint density at radius 1 is 1.48 bits per heavy atom. The van der Waals surface area contributed by atoms with Gasteiger partial charge in [0, 0.05) is 30.9 Å². The highest BCUT2D eigenvalue weighted by molar-refractivity contribution is 5.97. The van der Waals surface area contributed by atoms with Crippen molar-refractivity contribution in [2.24, 2.45) is 11.1 Å². The normalized spacial score (nSPS) is 25.0. The van der Waals surface area contributed by atoms with Crippen LogP contribution >= 0.6 is 0 Å². The molecule has 2 aliphatic rings. The Bertz CT molecular complexity index is 754. The number of pyridine rings is 1. The van der Waals surface area contributed by atoms with Gasteiger partial charge in [0.25, 0.3) is 0 Å². The van der Waals surface area contributed by atoms with Crippen LogP contribution < -0.4 is 11.1 Å². The van der Waals surface area contributed by atoms with Crippen molar-refractivity contribution in [2.45, 2.75) is 39.2 Å². The number of allylic oxidation sites excluding steroid dienone is 1. The van der Waals surface area contributed by atoms with Crippen molar-refractivity contribution in [1.29, 1.82) is 0 Å². The van der Waals surface area contributed by atoms with Crippen molar-refractivity contribution < 1.29 is 14.3 Å². The van der Waals surface area contributed by atoms with Crippen LogP contribution in [0, 0.1) is 5.41 Å². The number of carbonyl (C=O) groups excluding carboxylic acids is 2. The van der Waals surface area contributed by atoms with Gasteiger partial charge in [-0.3, -0.25) is 14.6 Å². The number of nitrogens with one attached hydrogen (secondary N) is 1. The van der Waals surface area contributed by atoms with Crippen molar-refractivity contribution in [3.63, 3.8) is 0 Å². The van der Waals surface area contributed by atoms with Crippen LogP contribution in [0.25, 0.3) is 0 Å². The molecule has 25 heavy (non-hydrogen) atoms. The molecule has 0 saturated carbocycles. The molecule has 1 aromatic rings. The molecule has 3 N–H and O–H groups in total. The molecule has 1 aliphatic carbocycles. The number of primary amides is 1. The van der Waals surface area contributed by atoms with Gasteiger partial charge in [-0.05, 0) is 50.0 Å². The van der Waals surface area contributed by atoms with E-state index < -0.39 is 11.3 Å². The summed E-state index contributed by atoms with van der Waals surface area (Å²) in [4.78, 5) is 28.7. The zero-order valence-corrected chi connectivity index (χ0v) is 14.5. The van der Waals surface area contributed by atoms with Crippen LogP contribution in [-0.4, -0.2) is 29.4 Å². The van der Waals surface area contributed by atoms with Crippen molar-refractivity contribution >= 4 is 11.8 Å². The number of hydrogen-bond acceptors (Lipinski definition) is 4. The maximum Gasteiger partial charge on any atom is 0.247 e. The highest BCUT2D eigenvalue weighted by Crippen LogP contribution is 2.46. The fraction of sp³-hybridized carbons (Fsp3) is 0.421. The van der Waals surface area contributed by atoms with Crippen LogP contribution in [0.15, 0.2) is 47.5 Å². The Kier molecular flexibility index (Phi) is 4.61. The van der Waals surface area contributed by atoms with Gasteiger partial charge in [0.2, 0.25) is 11.8 Å². The summed E-state index contributed by atoms with van der Waals surface area (Å²) in [5.41, 5.74) is 7.19. The van der Waals surface area contributed by atoms with Gasteiger partial charge in [-0.2, -0.15) is 0 Å². The van der Waals surface area contributed by atoms with E-state index in [9.17, 15) is 9.59 Å². The van der Waals surface area contributed by atoms with Crippen LogP contribution in [0.5, 0.6) is 0 Å². The molecule has 0 aromatic carbocycles. The van der Waals surface area contributed by atoms with Crippen LogP contribution in [0.2, 0.25) is 0 Å². The van der Waals surface area contributed by atoms with Crippen LogP contribution in [0.1, 0.15) is 32.3 Å². The second kappa shape index (κ2) is 6.70. The Morgan fingerprint density at radius 3 is 2.96 bits per heavy atom. The van der Waals surface area contributed by atoms with E-state index in [0.717, 1.165) is 11.1 Å². The number of ether oxygens (including phenoxy) is 1. The zero-order chi connectivity index (χ0) is 18.0. The Labute approximate surface area is 147 Å². The molecule has 0 saturated heterocycles. The van der Waals surface area contributed by atoms with Gasteiger partial charge in [0.15, 0.2) is 0 Å². The van der Waals surface area contributed by atoms with Crippen molar-refractivity contribution in [3.8, 4) is 0 Å². The average Bonchev–Trinajstić information content (AvgIpc) is 2.97. The predicted molar refractivity (Wildman–Crippen MR) is 93.1 cm³/mol. The Hall–Kier alpha value is -2.63. The summed E-state index contributed by atoms with van der Waals surface area (Å²) in [7, 11) is 0. The molecule has 0 bridgehead atoms. The molecule has 6 nitrogen and oxygen atoms in total. The van der Waals surface area contributed by atoms with Crippen molar-refractivity contribution in [3.05, 3.63) is 53.1 Å². The van der Waals surface area contributed by atoms with Crippen LogP contribution in [0.4, 0.5) is 0 Å². The molecular formula is C19H23N3O3. The van der Waals surface area contributed by atoms with E-state index in [2.05, 4.69) is 10.3 Å². The second-order valence-corrected chi connectivity index (χ2v) is 6.90. The predicted octanol–water partition coefficient (Wildman–Crippen LogP) is 1.62. The molecule has 2 heterocycles. The van der Waals surface area contributed by atoms with E-state index in [1.807, 2.05) is 25.1 Å². The summed E-state index contributed by atoms with van der Waals surface area (Å²) in [6, 6.07) is 3.84. The molecule has 6 heteroatoms. The van der Waals surface area contributed by atoms with E-state index in [1.54, 1.807) is 19.3 Å². The molecule has 0 spiro atoms. The quantitative estimate of drug-likeness (QED) is 0.851. The van der Waals surface area contributed by atoms with Gasteiger partial charge >= 0.3 is 0 Å². The molecule has 3 rings (SSSR count). The first kappa shape index (κ1) is 17.2. The molecule has 2 unspecified atom stereocenters. The monoisotopic (exact) mass is 341 g/mol. The first-order chi connectivity index (χ1) is 11.9. The highest BCUT2D eigenvalue weighted by atomic mass is 16.5. The lowest BCUT2D eigenvalue weighted by atomic mass is 9.75. The third kappa shape index (κ3) is 3.43. The number of nitrogens with zero attached hydrogens (tertiary/aromatic N) is 1. The van der Waals surface area contributed by atoms with E-state index in [0.29, 0.717) is 30.7 Å². The highest BCUT2D eigenvalue weighted by Gasteiger charge is 2.46. The summed E-state index contributed by atoms with van der Waals surface area (Å²) in [6.07, 6.45) is 6.99. The standard InChI is InChI=1S/C19H23N3O3/c1-12-8-14-9-15(10-19(2,18(20)24)16(14)25-12)17(23)22-7-5-13-4-3-6-21-11-13/h3-4,6,9,11-12H,5,7-8,10H2,1-2H3,(H2,20,24)(H,22,23). The van der Waals surface area contributed by atoms with Crippen molar-refractivity contribution in [1.82, 2.24) is 10.3 Å². The number of nitrogens with two attached hydrogens (primary N) is 1. The van der Waals surface area contributed by atoms with E-state index in [-0.39, 0.29) is 18.4 Å². The molecular weight excluding hydrogens is 318 g/mol. The summed E-state index contributed by atoms with van der Waals surface area (Å²) in [5.74, 6) is -0.00950. The summed E-state index contributed by atoms with van der Waals surface area (Å²) in [6.45, 7) is 4.20. The number of carbonyl (C=O) groups is 2. The lowest BCUT2D eigenvalue weighted by Gasteiger charge is -2.31. The first-order valence-electron chi connectivity index (χ1n) is 8.48. The third-order valence-electron chi connectivity index (χ3n) is 4.77. The van der Waals surface area contributed by atoms with Crippen LogP contribution in [0.3, 0.4) is 0 Å². The first-order valence-corrected chi connectivity index (χ1v) is 8.48. The average molecular weight is 341 g/mol. The van der Waals surface area contributed by atoms with E-state index >= 15 is 0 Å². The van der Waals surface area contributed by atoms with Gasteiger partial charge in [-0.25, -0.2) is 0 Å². The Balaban J connectivity index is 1.70. The van der Waals surface area contributed by atoms with Gasteiger partial charge in [0.1, 0.15) is 11.2 Å². The molecule has 2 amide bonds. The summed E-state index contributed by atoms with van der Waals surface area (Å²) >= 11 is 0. The summed E-state index contributed by atoms with van der Waals surface area (Å²) in [5, 5.41) is 2.92. The minimum Gasteiger partial charge on any atom is -0.493 e. The SMILES string of the molecule is CC1CC2=C(O1)C(C)(C(N)=O)CC(C(=O)NCCc1cccnc1)=C2. The molecule has 1 aliphatic heterocycles.